The fraction of sp³-hybridized carbons (Fsp3) is 0.786. The lowest BCUT2D eigenvalue weighted by Gasteiger charge is -2.43. The van der Waals surface area contributed by atoms with Gasteiger partial charge in [0, 0.05) is 38.4 Å². The van der Waals surface area contributed by atoms with Crippen molar-refractivity contribution in [3.63, 3.8) is 0 Å². The van der Waals surface area contributed by atoms with Gasteiger partial charge in [0.15, 0.2) is 0 Å². The molecule has 100 valence electrons. The van der Waals surface area contributed by atoms with Gasteiger partial charge in [0.1, 0.15) is 0 Å². The van der Waals surface area contributed by atoms with E-state index in [0.29, 0.717) is 5.54 Å². The number of nitrogens with zero attached hydrogens (tertiary/aromatic N) is 3. The molecule has 0 spiro atoms. The van der Waals surface area contributed by atoms with Crippen LogP contribution in [0.5, 0.6) is 0 Å². The minimum Gasteiger partial charge on any atom is -0.366 e. The first-order valence-corrected chi connectivity index (χ1v) is 7.15. The molecule has 1 saturated heterocycles. The molecule has 4 heteroatoms. The summed E-state index contributed by atoms with van der Waals surface area (Å²) in [6.45, 7) is 7.88. The van der Waals surface area contributed by atoms with Crippen LogP contribution in [0, 0.1) is 5.92 Å². The number of hydrogen-bond acceptors (Lipinski definition) is 3. The van der Waals surface area contributed by atoms with E-state index in [0.717, 1.165) is 32.0 Å². The highest BCUT2D eigenvalue weighted by Crippen LogP contribution is 2.41. The molecule has 1 aliphatic heterocycles. The molecule has 1 aromatic heterocycles. The molecule has 2 aliphatic rings. The molecule has 0 amide bonds. The van der Waals surface area contributed by atoms with Crippen LogP contribution in [0.3, 0.4) is 0 Å². The highest BCUT2D eigenvalue weighted by molar-refractivity contribution is 5.50. The Morgan fingerprint density at radius 1 is 1.50 bits per heavy atom. The van der Waals surface area contributed by atoms with Crippen LogP contribution in [0.1, 0.15) is 32.4 Å². The molecule has 1 unspecified atom stereocenters. The second kappa shape index (κ2) is 4.26. The second-order valence-corrected chi connectivity index (χ2v) is 6.03. The Morgan fingerprint density at radius 3 is 2.94 bits per heavy atom. The van der Waals surface area contributed by atoms with Gasteiger partial charge in [0.2, 0.25) is 0 Å². The van der Waals surface area contributed by atoms with E-state index in [-0.39, 0.29) is 0 Å². The summed E-state index contributed by atoms with van der Waals surface area (Å²) < 4.78 is 1.95. The fourth-order valence-corrected chi connectivity index (χ4v) is 3.25. The number of piperazine rings is 1. The first-order chi connectivity index (χ1) is 8.62. The summed E-state index contributed by atoms with van der Waals surface area (Å²) in [6, 6.07) is 0. The Balaban J connectivity index is 1.82. The van der Waals surface area contributed by atoms with Gasteiger partial charge in [-0.1, -0.05) is 6.92 Å². The van der Waals surface area contributed by atoms with Crippen LogP contribution in [-0.4, -0.2) is 35.0 Å². The standard InChI is InChI=1S/C14H24N4/c1-4-12-13(9-17(3)16-12)18-8-7-15-14(2,10-18)11-5-6-11/h9,11,15H,4-8,10H2,1-3H3. The van der Waals surface area contributed by atoms with Crippen molar-refractivity contribution >= 4 is 5.69 Å². The first-order valence-electron chi connectivity index (χ1n) is 7.15. The second-order valence-electron chi connectivity index (χ2n) is 6.03. The number of nitrogens with one attached hydrogen (secondary N) is 1. The first kappa shape index (κ1) is 12.0. The van der Waals surface area contributed by atoms with Gasteiger partial charge in [0.25, 0.3) is 0 Å². The van der Waals surface area contributed by atoms with Gasteiger partial charge in [-0.15, -0.1) is 0 Å². The van der Waals surface area contributed by atoms with E-state index in [1.807, 2.05) is 11.7 Å². The van der Waals surface area contributed by atoms with E-state index in [2.05, 4.69) is 35.4 Å². The average Bonchev–Trinajstić information content (AvgIpc) is 3.13. The smallest absolute Gasteiger partial charge is 0.0855 e. The van der Waals surface area contributed by atoms with E-state index >= 15 is 0 Å². The maximum atomic E-state index is 4.57. The molecule has 0 radical (unpaired) electrons. The van der Waals surface area contributed by atoms with Crippen molar-refractivity contribution in [1.82, 2.24) is 15.1 Å². The Labute approximate surface area is 109 Å². The summed E-state index contributed by atoms with van der Waals surface area (Å²) in [5, 5.41) is 8.30. The van der Waals surface area contributed by atoms with Crippen molar-refractivity contribution in [2.45, 2.75) is 38.6 Å². The van der Waals surface area contributed by atoms with Crippen molar-refractivity contribution in [3.05, 3.63) is 11.9 Å². The van der Waals surface area contributed by atoms with Gasteiger partial charge < -0.3 is 10.2 Å². The molecule has 2 heterocycles. The third-order valence-electron chi connectivity index (χ3n) is 4.47. The zero-order valence-electron chi connectivity index (χ0n) is 11.7. The van der Waals surface area contributed by atoms with Crippen molar-refractivity contribution in [2.75, 3.05) is 24.5 Å². The molecule has 2 fully saturated rings. The Kier molecular flexibility index (Phi) is 2.85. The number of aryl methyl sites for hydroxylation is 2. The van der Waals surface area contributed by atoms with Gasteiger partial charge in [0.05, 0.1) is 11.4 Å². The van der Waals surface area contributed by atoms with Crippen LogP contribution >= 0.6 is 0 Å². The van der Waals surface area contributed by atoms with Crippen molar-refractivity contribution in [1.29, 1.82) is 0 Å². The molecule has 1 aromatic rings. The highest BCUT2D eigenvalue weighted by atomic mass is 15.3. The predicted octanol–water partition coefficient (Wildman–Crippen LogP) is 1.56. The lowest BCUT2D eigenvalue weighted by atomic mass is 9.92. The van der Waals surface area contributed by atoms with Crippen LogP contribution in [0.15, 0.2) is 6.20 Å². The van der Waals surface area contributed by atoms with E-state index < -0.39 is 0 Å². The summed E-state index contributed by atoms with van der Waals surface area (Å²) >= 11 is 0. The maximum absolute atomic E-state index is 4.57. The summed E-state index contributed by atoms with van der Waals surface area (Å²) in [5.41, 5.74) is 2.88. The molecule has 3 rings (SSSR count). The molecule has 1 N–H and O–H groups in total. The largest absolute Gasteiger partial charge is 0.366 e. The van der Waals surface area contributed by atoms with E-state index in [4.69, 9.17) is 0 Å². The van der Waals surface area contributed by atoms with Gasteiger partial charge in [-0.2, -0.15) is 5.10 Å². The quantitative estimate of drug-likeness (QED) is 0.881. The van der Waals surface area contributed by atoms with E-state index in [9.17, 15) is 0 Å². The zero-order chi connectivity index (χ0) is 12.8. The van der Waals surface area contributed by atoms with Crippen molar-refractivity contribution in [2.24, 2.45) is 13.0 Å². The lowest BCUT2D eigenvalue weighted by molar-refractivity contribution is 0.285. The number of aromatic nitrogens is 2. The minimum absolute atomic E-state index is 0.305. The van der Waals surface area contributed by atoms with Crippen molar-refractivity contribution < 1.29 is 0 Å². The molecular weight excluding hydrogens is 224 g/mol. The average molecular weight is 248 g/mol. The Morgan fingerprint density at radius 2 is 2.28 bits per heavy atom. The third kappa shape index (κ3) is 2.03. The molecule has 4 nitrogen and oxygen atoms in total. The minimum atomic E-state index is 0.305. The van der Waals surface area contributed by atoms with Crippen LogP contribution in [-0.2, 0) is 13.5 Å². The number of anilines is 1. The van der Waals surface area contributed by atoms with Gasteiger partial charge in [-0.05, 0) is 32.1 Å². The zero-order valence-corrected chi connectivity index (χ0v) is 11.7. The van der Waals surface area contributed by atoms with Crippen LogP contribution in [0.2, 0.25) is 0 Å². The Bertz CT molecular complexity index is 435. The molecule has 1 aliphatic carbocycles. The molecule has 0 aromatic carbocycles. The topological polar surface area (TPSA) is 33.1 Å². The molecular formula is C14H24N4. The monoisotopic (exact) mass is 248 g/mol. The molecule has 0 bridgehead atoms. The summed E-state index contributed by atoms with van der Waals surface area (Å²) in [7, 11) is 2.02. The van der Waals surface area contributed by atoms with Crippen LogP contribution in [0.25, 0.3) is 0 Å². The van der Waals surface area contributed by atoms with Crippen LogP contribution < -0.4 is 10.2 Å². The SMILES string of the molecule is CCc1nn(C)cc1N1CCNC(C)(C2CC2)C1. The van der Waals surface area contributed by atoms with E-state index in [1.165, 1.54) is 24.2 Å². The lowest BCUT2D eigenvalue weighted by Crippen LogP contribution is -2.60. The normalized spacial score (nSPS) is 28.7. The summed E-state index contributed by atoms with van der Waals surface area (Å²) in [6.07, 6.45) is 5.98. The molecule has 1 atom stereocenters. The summed E-state index contributed by atoms with van der Waals surface area (Å²) in [5.74, 6) is 0.877. The number of rotatable bonds is 3. The van der Waals surface area contributed by atoms with Gasteiger partial charge in [-0.3, -0.25) is 4.68 Å². The molecule has 1 saturated carbocycles. The number of hydrogen-bond donors (Lipinski definition) is 1. The third-order valence-corrected chi connectivity index (χ3v) is 4.47. The van der Waals surface area contributed by atoms with Crippen molar-refractivity contribution in [3.8, 4) is 0 Å². The van der Waals surface area contributed by atoms with Crippen LogP contribution in [0.4, 0.5) is 5.69 Å². The van der Waals surface area contributed by atoms with Gasteiger partial charge >= 0.3 is 0 Å². The van der Waals surface area contributed by atoms with E-state index in [1.54, 1.807) is 0 Å². The Hall–Kier alpha value is -1.03. The predicted molar refractivity (Wildman–Crippen MR) is 73.9 cm³/mol. The molecule has 18 heavy (non-hydrogen) atoms. The fourth-order valence-electron chi connectivity index (χ4n) is 3.25. The summed E-state index contributed by atoms with van der Waals surface area (Å²) in [4.78, 5) is 2.53. The maximum Gasteiger partial charge on any atom is 0.0855 e. The van der Waals surface area contributed by atoms with Gasteiger partial charge in [-0.25, -0.2) is 0 Å². The highest BCUT2D eigenvalue weighted by Gasteiger charge is 2.44.